The zero-order chi connectivity index (χ0) is 16.6. The highest BCUT2D eigenvalue weighted by Crippen LogP contribution is 2.35. The van der Waals surface area contributed by atoms with Gasteiger partial charge in [0.2, 0.25) is 0 Å². The summed E-state index contributed by atoms with van der Waals surface area (Å²) in [5, 5.41) is 10.9. The summed E-state index contributed by atoms with van der Waals surface area (Å²) < 4.78 is 31.7. The number of carbonyl (C=O) groups is 1. The minimum atomic E-state index is -1.14. The zero-order valence-corrected chi connectivity index (χ0v) is 11.7. The number of halogens is 2. The number of hydrogen-bond donors (Lipinski definition) is 0. The maximum Gasteiger partial charge on any atom is 0.271 e. The van der Waals surface area contributed by atoms with E-state index in [1.54, 1.807) is 0 Å². The molecule has 0 saturated heterocycles. The second-order valence-electron chi connectivity index (χ2n) is 4.84. The van der Waals surface area contributed by atoms with Crippen LogP contribution in [0.25, 0.3) is 0 Å². The average Bonchev–Trinajstić information content (AvgIpc) is 2.55. The van der Waals surface area contributed by atoms with Crippen molar-refractivity contribution in [3.8, 4) is 5.75 Å². The van der Waals surface area contributed by atoms with E-state index in [1.165, 1.54) is 23.1 Å². The maximum atomic E-state index is 13.3. The Morgan fingerprint density at radius 2 is 1.96 bits per heavy atom. The number of nitro groups is 1. The topological polar surface area (TPSA) is 72.7 Å². The molecule has 6 nitrogen and oxygen atoms in total. The second kappa shape index (κ2) is 5.64. The van der Waals surface area contributed by atoms with E-state index in [0.717, 1.165) is 18.2 Å². The van der Waals surface area contributed by atoms with Crippen molar-refractivity contribution in [2.24, 2.45) is 0 Å². The molecule has 0 radical (unpaired) electrons. The van der Waals surface area contributed by atoms with Gasteiger partial charge in [0.25, 0.3) is 11.6 Å². The van der Waals surface area contributed by atoms with Crippen molar-refractivity contribution < 1.29 is 23.2 Å². The molecule has 0 aliphatic carbocycles. The summed E-state index contributed by atoms with van der Waals surface area (Å²) in [6.07, 6.45) is 0. The molecule has 1 heterocycles. The number of rotatable bonds is 2. The third-order valence-electron chi connectivity index (χ3n) is 3.43. The summed E-state index contributed by atoms with van der Waals surface area (Å²) >= 11 is 0. The molecule has 0 bridgehead atoms. The van der Waals surface area contributed by atoms with Gasteiger partial charge in [-0.15, -0.1) is 0 Å². The molecule has 1 aliphatic rings. The van der Waals surface area contributed by atoms with E-state index in [9.17, 15) is 23.7 Å². The van der Waals surface area contributed by atoms with Gasteiger partial charge in [-0.25, -0.2) is 8.78 Å². The van der Waals surface area contributed by atoms with Crippen molar-refractivity contribution >= 4 is 17.3 Å². The molecule has 0 N–H and O–H groups in total. The first-order valence-corrected chi connectivity index (χ1v) is 6.65. The number of amides is 1. The van der Waals surface area contributed by atoms with Gasteiger partial charge >= 0.3 is 0 Å². The minimum absolute atomic E-state index is 0.0525. The molecule has 3 rings (SSSR count). The third kappa shape index (κ3) is 2.70. The molecule has 0 atom stereocenters. The number of anilines is 1. The van der Waals surface area contributed by atoms with Crippen LogP contribution in [0.3, 0.4) is 0 Å². The van der Waals surface area contributed by atoms with E-state index in [2.05, 4.69) is 0 Å². The van der Waals surface area contributed by atoms with Gasteiger partial charge in [0, 0.05) is 17.7 Å². The van der Waals surface area contributed by atoms with Gasteiger partial charge in [-0.2, -0.15) is 0 Å². The number of benzene rings is 2. The molecule has 0 spiro atoms. The molecule has 118 valence electrons. The van der Waals surface area contributed by atoms with Gasteiger partial charge in [-0.3, -0.25) is 14.9 Å². The number of carbonyl (C=O) groups excluding carboxylic acids is 1. The van der Waals surface area contributed by atoms with Gasteiger partial charge in [-0.05, 0) is 24.3 Å². The van der Waals surface area contributed by atoms with E-state index in [0.29, 0.717) is 5.75 Å². The lowest BCUT2D eigenvalue weighted by Gasteiger charge is -2.29. The molecule has 2 aromatic carbocycles. The Bertz CT molecular complexity index is 810. The smallest absolute Gasteiger partial charge is 0.271 e. The highest BCUT2D eigenvalue weighted by atomic mass is 19.2. The van der Waals surface area contributed by atoms with Crippen molar-refractivity contribution in [3.63, 3.8) is 0 Å². The minimum Gasteiger partial charge on any atom is -0.490 e. The summed E-state index contributed by atoms with van der Waals surface area (Å²) in [6.45, 7) is 0.340. The summed E-state index contributed by atoms with van der Waals surface area (Å²) in [4.78, 5) is 24.1. The van der Waals surface area contributed by atoms with Gasteiger partial charge in [0.15, 0.2) is 11.6 Å². The van der Waals surface area contributed by atoms with E-state index >= 15 is 0 Å². The highest BCUT2D eigenvalue weighted by molar-refractivity contribution is 6.07. The molecule has 23 heavy (non-hydrogen) atoms. The Kier molecular flexibility index (Phi) is 3.65. The summed E-state index contributed by atoms with van der Waals surface area (Å²) in [6, 6.07) is 6.70. The van der Waals surface area contributed by atoms with Crippen LogP contribution in [0.5, 0.6) is 5.75 Å². The second-order valence-corrected chi connectivity index (χ2v) is 4.84. The SMILES string of the molecule is O=C(c1ccc(F)c(F)c1)N1CCOc2ccc([N+](=O)[O-])cc21. The average molecular weight is 320 g/mol. The van der Waals surface area contributed by atoms with Gasteiger partial charge in [-0.1, -0.05) is 0 Å². The molecule has 8 heteroatoms. The van der Waals surface area contributed by atoms with Crippen LogP contribution in [-0.4, -0.2) is 24.0 Å². The van der Waals surface area contributed by atoms with Crippen LogP contribution in [0.4, 0.5) is 20.2 Å². The highest BCUT2D eigenvalue weighted by Gasteiger charge is 2.27. The molecule has 2 aromatic rings. The Balaban J connectivity index is 2.01. The van der Waals surface area contributed by atoms with Crippen molar-refractivity contribution in [2.75, 3.05) is 18.1 Å². The molecule has 0 saturated carbocycles. The van der Waals surface area contributed by atoms with Crippen LogP contribution >= 0.6 is 0 Å². The van der Waals surface area contributed by atoms with Crippen LogP contribution in [0.1, 0.15) is 10.4 Å². The van der Waals surface area contributed by atoms with E-state index < -0.39 is 22.5 Å². The molecule has 1 amide bonds. The fraction of sp³-hybridized carbons (Fsp3) is 0.133. The predicted octanol–water partition coefficient (Wildman–Crippen LogP) is 2.91. The van der Waals surface area contributed by atoms with Gasteiger partial charge < -0.3 is 9.64 Å². The van der Waals surface area contributed by atoms with Crippen molar-refractivity contribution in [2.45, 2.75) is 0 Å². The van der Waals surface area contributed by atoms with E-state index in [4.69, 9.17) is 4.74 Å². The number of nitro benzene ring substituents is 1. The first-order chi connectivity index (χ1) is 11.0. The number of fused-ring (bicyclic) bond motifs is 1. The maximum absolute atomic E-state index is 13.3. The van der Waals surface area contributed by atoms with Crippen molar-refractivity contribution in [3.05, 3.63) is 63.7 Å². The lowest BCUT2D eigenvalue weighted by atomic mass is 10.1. The fourth-order valence-corrected chi connectivity index (χ4v) is 2.32. The number of nitrogens with zero attached hydrogens (tertiary/aromatic N) is 2. The molecule has 0 fully saturated rings. The number of hydrogen-bond acceptors (Lipinski definition) is 4. The molecule has 1 aliphatic heterocycles. The number of non-ortho nitro benzene ring substituents is 1. The lowest BCUT2D eigenvalue weighted by Crippen LogP contribution is -2.38. The van der Waals surface area contributed by atoms with Gasteiger partial charge in [0.1, 0.15) is 12.4 Å². The van der Waals surface area contributed by atoms with Crippen LogP contribution in [0.2, 0.25) is 0 Å². The standard InChI is InChI=1S/C15H10F2N2O4/c16-11-3-1-9(7-12(11)17)15(20)18-5-6-23-14-4-2-10(19(21)22)8-13(14)18/h1-4,7-8H,5-6H2. The van der Waals surface area contributed by atoms with Crippen LogP contribution < -0.4 is 9.64 Å². The van der Waals surface area contributed by atoms with Crippen LogP contribution in [-0.2, 0) is 0 Å². The molecular formula is C15H10F2N2O4. The molecular weight excluding hydrogens is 310 g/mol. The Morgan fingerprint density at radius 3 is 2.65 bits per heavy atom. The zero-order valence-electron chi connectivity index (χ0n) is 11.7. The molecule has 0 unspecified atom stereocenters. The quantitative estimate of drug-likeness (QED) is 0.630. The van der Waals surface area contributed by atoms with E-state index in [1.807, 2.05) is 0 Å². The van der Waals surface area contributed by atoms with E-state index in [-0.39, 0.29) is 30.1 Å². The summed E-state index contributed by atoms with van der Waals surface area (Å²) in [7, 11) is 0. The largest absolute Gasteiger partial charge is 0.490 e. The Labute approximate surface area is 129 Å². The monoisotopic (exact) mass is 320 g/mol. The van der Waals surface area contributed by atoms with Crippen molar-refractivity contribution in [1.29, 1.82) is 0 Å². The van der Waals surface area contributed by atoms with Crippen LogP contribution in [0.15, 0.2) is 36.4 Å². The first kappa shape index (κ1) is 14.9. The fourth-order valence-electron chi connectivity index (χ4n) is 2.32. The first-order valence-electron chi connectivity index (χ1n) is 6.65. The summed E-state index contributed by atoms with van der Waals surface area (Å²) in [5.41, 5.74) is -0.0271. The predicted molar refractivity (Wildman–Crippen MR) is 76.6 cm³/mol. The normalized spacial score (nSPS) is 13.2. The lowest BCUT2D eigenvalue weighted by molar-refractivity contribution is -0.384. The van der Waals surface area contributed by atoms with Gasteiger partial charge in [0.05, 0.1) is 17.2 Å². The Hall–Kier alpha value is -3.03. The number of ether oxygens (including phenoxy) is 1. The molecule has 0 aromatic heterocycles. The summed E-state index contributed by atoms with van der Waals surface area (Å²) in [5.74, 6) is -2.46. The van der Waals surface area contributed by atoms with Crippen molar-refractivity contribution in [1.82, 2.24) is 0 Å². The third-order valence-corrected chi connectivity index (χ3v) is 3.43. The Morgan fingerprint density at radius 1 is 1.17 bits per heavy atom. The van der Waals surface area contributed by atoms with Crippen LogP contribution in [0, 0.1) is 21.7 Å².